The van der Waals surface area contributed by atoms with Crippen molar-refractivity contribution in [3.63, 3.8) is 0 Å². The molecule has 1 radical (unpaired) electrons. The van der Waals surface area contributed by atoms with Crippen molar-refractivity contribution >= 4 is 0 Å². The fourth-order valence-electron chi connectivity index (χ4n) is 2.39. The van der Waals surface area contributed by atoms with E-state index in [1.165, 1.54) is 83.5 Å². The predicted molar refractivity (Wildman–Crippen MR) is 86.8 cm³/mol. The van der Waals surface area contributed by atoms with Crippen molar-refractivity contribution in [3.8, 4) is 12.3 Å². The maximum Gasteiger partial charge on any atom is 0.0218 e. The van der Waals surface area contributed by atoms with Crippen LogP contribution in [0.2, 0.25) is 0 Å². The van der Waals surface area contributed by atoms with E-state index in [0.29, 0.717) is 0 Å². The van der Waals surface area contributed by atoms with Gasteiger partial charge in [-0.05, 0) is 19.9 Å². The Labute approximate surface area is 121 Å². The summed E-state index contributed by atoms with van der Waals surface area (Å²) in [5.41, 5.74) is 0. The zero-order chi connectivity index (χ0) is 14.0. The largest absolute Gasteiger partial charge is 0.315 e. The average molecular weight is 264 g/mol. The van der Waals surface area contributed by atoms with E-state index in [1.807, 2.05) is 7.05 Å². The summed E-state index contributed by atoms with van der Waals surface area (Å²) in [6, 6.07) is 0. The molecule has 0 aliphatic carbocycles. The molecule has 0 saturated heterocycles. The van der Waals surface area contributed by atoms with Gasteiger partial charge in [0.05, 0.1) is 0 Å². The Hall–Kier alpha value is -0.480. The molecule has 0 aromatic rings. The van der Waals surface area contributed by atoms with Crippen molar-refractivity contribution < 1.29 is 0 Å². The molecule has 0 aliphatic rings. The molecule has 0 rings (SSSR count). The number of hydrogen-bond acceptors (Lipinski definition) is 1. The summed E-state index contributed by atoms with van der Waals surface area (Å²) in [5.74, 6) is 2.71. The van der Waals surface area contributed by atoms with Gasteiger partial charge in [0.2, 0.25) is 0 Å². The van der Waals surface area contributed by atoms with E-state index in [4.69, 9.17) is 6.42 Å². The molecule has 0 aliphatic heterocycles. The minimum absolute atomic E-state index is 0.964. The summed E-state index contributed by atoms with van der Waals surface area (Å²) >= 11 is 0. The molecule has 0 unspecified atom stereocenters. The Kier molecular flexibility index (Phi) is 17.1. The monoisotopic (exact) mass is 264 g/mol. The minimum atomic E-state index is 0.964. The van der Waals surface area contributed by atoms with Crippen molar-refractivity contribution in [2.75, 3.05) is 7.05 Å². The van der Waals surface area contributed by atoms with Gasteiger partial charge in [0, 0.05) is 13.0 Å². The zero-order valence-electron chi connectivity index (χ0n) is 13.1. The van der Waals surface area contributed by atoms with E-state index in [0.717, 1.165) is 6.42 Å². The van der Waals surface area contributed by atoms with E-state index < -0.39 is 0 Å². The number of terminal acetylenes is 1. The Morgan fingerprint density at radius 2 is 1.16 bits per heavy atom. The van der Waals surface area contributed by atoms with E-state index in [2.05, 4.69) is 17.8 Å². The molecule has 0 amide bonds. The van der Waals surface area contributed by atoms with Crippen LogP contribution in [0.3, 0.4) is 0 Å². The molecule has 1 heteroatoms. The number of hydrogen-bond donors (Lipinski definition) is 1. The lowest BCUT2D eigenvalue weighted by atomic mass is 10.0. The maximum absolute atomic E-state index is 5.23. The van der Waals surface area contributed by atoms with E-state index in [9.17, 15) is 0 Å². The van der Waals surface area contributed by atoms with Gasteiger partial charge in [-0.25, -0.2) is 0 Å². The van der Waals surface area contributed by atoms with Crippen molar-refractivity contribution in [1.82, 2.24) is 5.32 Å². The molecule has 0 spiro atoms. The lowest BCUT2D eigenvalue weighted by Gasteiger charge is -2.03. The SMILES string of the molecule is C#CCCCCCCCCCCCCCC[CH]NC. The van der Waals surface area contributed by atoms with Crippen LogP contribution >= 0.6 is 0 Å². The van der Waals surface area contributed by atoms with Crippen LogP contribution in [0.1, 0.15) is 89.9 Å². The van der Waals surface area contributed by atoms with Gasteiger partial charge in [-0.1, -0.05) is 70.6 Å². The summed E-state index contributed by atoms with van der Waals surface area (Å²) in [4.78, 5) is 0. The lowest BCUT2D eigenvalue weighted by molar-refractivity contribution is 0.540. The Bertz CT molecular complexity index is 192. The molecular weight excluding hydrogens is 230 g/mol. The first-order valence-electron chi connectivity index (χ1n) is 8.34. The van der Waals surface area contributed by atoms with Crippen LogP contribution in [0.4, 0.5) is 0 Å². The number of unbranched alkanes of at least 4 members (excludes halogenated alkanes) is 13. The van der Waals surface area contributed by atoms with Crippen LogP contribution in [0.5, 0.6) is 0 Å². The van der Waals surface area contributed by atoms with Gasteiger partial charge in [-0.15, -0.1) is 12.3 Å². The zero-order valence-corrected chi connectivity index (χ0v) is 13.1. The van der Waals surface area contributed by atoms with Gasteiger partial charge in [0.25, 0.3) is 0 Å². The van der Waals surface area contributed by atoms with Gasteiger partial charge in [-0.2, -0.15) is 0 Å². The van der Waals surface area contributed by atoms with Gasteiger partial charge >= 0.3 is 0 Å². The highest BCUT2D eigenvalue weighted by atomic mass is 14.8. The van der Waals surface area contributed by atoms with Crippen LogP contribution < -0.4 is 5.32 Å². The average Bonchev–Trinajstić information content (AvgIpc) is 2.43. The quantitative estimate of drug-likeness (QED) is 0.306. The molecule has 0 aromatic heterocycles. The first-order chi connectivity index (χ1) is 9.41. The highest BCUT2D eigenvalue weighted by Crippen LogP contribution is 2.12. The second-order valence-corrected chi connectivity index (χ2v) is 5.48. The van der Waals surface area contributed by atoms with E-state index >= 15 is 0 Å². The second-order valence-electron chi connectivity index (χ2n) is 5.48. The second kappa shape index (κ2) is 17.5. The number of rotatable bonds is 15. The topological polar surface area (TPSA) is 12.0 Å². The molecule has 0 bridgehead atoms. The van der Waals surface area contributed by atoms with Crippen LogP contribution in [-0.4, -0.2) is 7.05 Å². The molecule has 111 valence electrons. The molecule has 1 N–H and O–H groups in total. The van der Waals surface area contributed by atoms with Crippen molar-refractivity contribution in [2.24, 2.45) is 0 Å². The third-order valence-corrected chi connectivity index (χ3v) is 3.62. The molecule has 0 heterocycles. The third kappa shape index (κ3) is 17.5. The predicted octanol–water partition coefficient (Wildman–Crippen LogP) is 5.46. The van der Waals surface area contributed by atoms with Gasteiger partial charge in [-0.3, -0.25) is 0 Å². The van der Waals surface area contributed by atoms with E-state index in [1.54, 1.807) is 0 Å². The highest BCUT2D eigenvalue weighted by molar-refractivity contribution is 4.82. The van der Waals surface area contributed by atoms with Crippen LogP contribution in [0.15, 0.2) is 0 Å². The Morgan fingerprint density at radius 1 is 0.737 bits per heavy atom. The molecule has 0 atom stereocenters. The molecule has 0 aromatic carbocycles. The Balaban J connectivity index is 2.90. The first-order valence-corrected chi connectivity index (χ1v) is 8.34. The van der Waals surface area contributed by atoms with E-state index in [-0.39, 0.29) is 0 Å². The van der Waals surface area contributed by atoms with Gasteiger partial charge in [0.15, 0.2) is 0 Å². The summed E-state index contributed by atoms with van der Waals surface area (Å²) < 4.78 is 0. The van der Waals surface area contributed by atoms with Gasteiger partial charge < -0.3 is 5.32 Å². The molecule has 0 fully saturated rings. The summed E-state index contributed by atoms with van der Waals surface area (Å²) in [5, 5.41) is 3.08. The smallest absolute Gasteiger partial charge is 0.0218 e. The van der Waals surface area contributed by atoms with Crippen LogP contribution in [0.25, 0.3) is 0 Å². The summed E-state index contributed by atoms with van der Waals surface area (Å²) in [6.07, 6.45) is 24.1. The van der Waals surface area contributed by atoms with Gasteiger partial charge in [0.1, 0.15) is 0 Å². The normalized spacial score (nSPS) is 10.5. The molecule has 19 heavy (non-hydrogen) atoms. The highest BCUT2D eigenvalue weighted by Gasteiger charge is 1.93. The van der Waals surface area contributed by atoms with Crippen molar-refractivity contribution in [2.45, 2.75) is 89.9 Å². The molecule has 0 saturated carbocycles. The van der Waals surface area contributed by atoms with Crippen molar-refractivity contribution in [1.29, 1.82) is 0 Å². The number of nitrogens with one attached hydrogen (secondary N) is 1. The molecular formula is C18H34N. The first kappa shape index (κ1) is 18.5. The summed E-state index contributed by atoms with van der Waals surface area (Å²) in [6.45, 7) is 2.16. The fraction of sp³-hybridized carbons (Fsp3) is 0.833. The van der Waals surface area contributed by atoms with Crippen LogP contribution in [0, 0.1) is 18.9 Å². The standard InChI is InChI=1S/C18H34N/c1-3-4-5-6-7-8-9-10-11-12-13-14-15-16-17-18-19-2/h1,18-19H,4-17H2,2H3. The Morgan fingerprint density at radius 3 is 1.58 bits per heavy atom. The third-order valence-electron chi connectivity index (χ3n) is 3.62. The molecule has 1 nitrogen and oxygen atoms in total. The fourth-order valence-corrected chi connectivity index (χ4v) is 2.39. The lowest BCUT2D eigenvalue weighted by Crippen LogP contribution is -1.99. The minimum Gasteiger partial charge on any atom is -0.315 e. The maximum atomic E-state index is 5.23. The summed E-state index contributed by atoms with van der Waals surface area (Å²) in [7, 11) is 1.98. The van der Waals surface area contributed by atoms with Crippen molar-refractivity contribution in [3.05, 3.63) is 6.54 Å². The van der Waals surface area contributed by atoms with Crippen LogP contribution in [-0.2, 0) is 0 Å².